The summed E-state index contributed by atoms with van der Waals surface area (Å²) in [4.78, 5) is 12.2. The summed E-state index contributed by atoms with van der Waals surface area (Å²) < 4.78 is 0. The lowest BCUT2D eigenvalue weighted by molar-refractivity contribution is -0.127. The Labute approximate surface area is 124 Å². The number of rotatable bonds is 7. The number of carbonyl (C=O) groups is 1. The SMILES string of the molecule is CNCCNC(=O)C(CC1CCCCC1)C(C)C.Cl. The van der Waals surface area contributed by atoms with E-state index < -0.39 is 0 Å². The largest absolute Gasteiger partial charge is 0.355 e. The van der Waals surface area contributed by atoms with Crippen molar-refractivity contribution in [1.29, 1.82) is 0 Å². The maximum atomic E-state index is 12.2. The van der Waals surface area contributed by atoms with Crippen LogP contribution in [0.5, 0.6) is 0 Å². The summed E-state index contributed by atoms with van der Waals surface area (Å²) in [6.07, 6.45) is 7.84. The van der Waals surface area contributed by atoms with Gasteiger partial charge in [0.15, 0.2) is 0 Å². The zero-order chi connectivity index (χ0) is 13.4. The van der Waals surface area contributed by atoms with E-state index in [4.69, 9.17) is 0 Å². The second kappa shape index (κ2) is 10.5. The molecule has 1 fully saturated rings. The van der Waals surface area contributed by atoms with E-state index in [1.165, 1.54) is 32.1 Å². The van der Waals surface area contributed by atoms with Crippen LogP contribution in [0.4, 0.5) is 0 Å². The number of hydrogen-bond donors (Lipinski definition) is 2. The Morgan fingerprint density at radius 3 is 2.32 bits per heavy atom. The Morgan fingerprint density at radius 1 is 1.16 bits per heavy atom. The molecule has 0 bridgehead atoms. The lowest BCUT2D eigenvalue weighted by Gasteiger charge is -2.28. The van der Waals surface area contributed by atoms with Crippen molar-refractivity contribution < 1.29 is 4.79 Å². The van der Waals surface area contributed by atoms with E-state index in [1.54, 1.807) is 0 Å². The van der Waals surface area contributed by atoms with Crippen LogP contribution in [0.1, 0.15) is 52.4 Å². The first kappa shape index (κ1) is 18.7. The molecule has 0 radical (unpaired) electrons. The molecule has 2 N–H and O–H groups in total. The standard InChI is InChI=1S/C15H30N2O.ClH/c1-12(2)14(15(18)17-10-9-16-3)11-13-7-5-4-6-8-13;/h12-14,16H,4-11H2,1-3H3,(H,17,18);1H. The molecule has 1 rings (SSSR count). The van der Waals surface area contributed by atoms with Gasteiger partial charge in [0.25, 0.3) is 0 Å². The van der Waals surface area contributed by atoms with Crippen molar-refractivity contribution in [2.75, 3.05) is 20.1 Å². The summed E-state index contributed by atoms with van der Waals surface area (Å²) in [7, 11) is 1.91. The smallest absolute Gasteiger partial charge is 0.223 e. The highest BCUT2D eigenvalue weighted by Crippen LogP contribution is 2.31. The molecule has 1 aliphatic carbocycles. The highest BCUT2D eigenvalue weighted by molar-refractivity contribution is 5.85. The Balaban J connectivity index is 0.00000324. The lowest BCUT2D eigenvalue weighted by Crippen LogP contribution is -2.38. The van der Waals surface area contributed by atoms with Gasteiger partial charge in [0.2, 0.25) is 5.91 Å². The van der Waals surface area contributed by atoms with Crippen molar-refractivity contribution in [3.63, 3.8) is 0 Å². The van der Waals surface area contributed by atoms with Crippen LogP contribution in [-0.4, -0.2) is 26.0 Å². The molecule has 1 atom stereocenters. The van der Waals surface area contributed by atoms with Gasteiger partial charge in [-0.25, -0.2) is 0 Å². The van der Waals surface area contributed by atoms with E-state index in [-0.39, 0.29) is 24.2 Å². The van der Waals surface area contributed by atoms with Crippen molar-refractivity contribution in [3.8, 4) is 0 Å². The zero-order valence-corrected chi connectivity index (χ0v) is 13.5. The van der Waals surface area contributed by atoms with Crippen molar-refractivity contribution in [2.24, 2.45) is 17.8 Å². The second-order valence-corrected chi connectivity index (χ2v) is 5.98. The molecule has 114 valence electrons. The van der Waals surface area contributed by atoms with Crippen LogP contribution in [0.2, 0.25) is 0 Å². The van der Waals surface area contributed by atoms with E-state index in [2.05, 4.69) is 24.5 Å². The van der Waals surface area contributed by atoms with Gasteiger partial charge in [-0.1, -0.05) is 46.0 Å². The van der Waals surface area contributed by atoms with Gasteiger partial charge in [0.1, 0.15) is 0 Å². The van der Waals surface area contributed by atoms with Gasteiger partial charge in [-0.3, -0.25) is 4.79 Å². The third kappa shape index (κ3) is 7.17. The van der Waals surface area contributed by atoms with Crippen LogP contribution in [0.25, 0.3) is 0 Å². The monoisotopic (exact) mass is 290 g/mol. The Hall–Kier alpha value is -0.280. The highest BCUT2D eigenvalue weighted by atomic mass is 35.5. The van der Waals surface area contributed by atoms with Gasteiger partial charge in [-0.05, 0) is 25.3 Å². The van der Waals surface area contributed by atoms with Crippen LogP contribution >= 0.6 is 12.4 Å². The summed E-state index contributed by atoms with van der Waals surface area (Å²) >= 11 is 0. The fraction of sp³-hybridized carbons (Fsp3) is 0.933. The van der Waals surface area contributed by atoms with Crippen LogP contribution in [-0.2, 0) is 4.79 Å². The average molecular weight is 291 g/mol. The van der Waals surface area contributed by atoms with Gasteiger partial charge in [0, 0.05) is 19.0 Å². The van der Waals surface area contributed by atoms with E-state index in [0.29, 0.717) is 5.92 Å². The molecule has 1 saturated carbocycles. The maximum Gasteiger partial charge on any atom is 0.223 e. The zero-order valence-electron chi connectivity index (χ0n) is 12.7. The quantitative estimate of drug-likeness (QED) is 0.708. The third-order valence-corrected chi connectivity index (χ3v) is 4.13. The molecule has 4 heteroatoms. The average Bonchev–Trinajstić information content (AvgIpc) is 2.37. The Bertz CT molecular complexity index is 240. The Kier molecular flexibility index (Phi) is 10.3. The first-order chi connectivity index (χ1) is 8.65. The molecule has 0 saturated heterocycles. The number of hydrogen-bond acceptors (Lipinski definition) is 2. The normalized spacial score (nSPS) is 17.9. The molecule has 0 spiro atoms. The first-order valence-electron chi connectivity index (χ1n) is 7.57. The number of likely N-dealkylation sites (N-methyl/N-ethyl adjacent to an activating group) is 1. The fourth-order valence-corrected chi connectivity index (χ4v) is 2.91. The Morgan fingerprint density at radius 2 is 1.79 bits per heavy atom. The molecule has 0 aromatic carbocycles. The van der Waals surface area contributed by atoms with E-state index in [9.17, 15) is 4.79 Å². The van der Waals surface area contributed by atoms with E-state index >= 15 is 0 Å². The van der Waals surface area contributed by atoms with Crippen LogP contribution in [0.15, 0.2) is 0 Å². The molecule has 0 aromatic rings. The predicted molar refractivity (Wildman–Crippen MR) is 83.7 cm³/mol. The number of nitrogens with one attached hydrogen (secondary N) is 2. The second-order valence-electron chi connectivity index (χ2n) is 5.98. The van der Waals surface area contributed by atoms with Crippen molar-refractivity contribution in [2.45, 2.75) is 52.4 Å². The summed E-state index contributed by atoms with van der Waals surface area (Å²) in [5.41, 5.74) is 0. The molecule has 19 heavy (non-hydrogen) atoms. The van der Waals surface area contributed by atoms with E-state index in [1.807, 2.05) is 7.05 Å². The van der Waals surface area contributed by atoms with Crippen molar-refractivity contribution >= 4 is 18.3 Å². The van der Waals surface area contributed by atoms with E-state index in [0.717, 1.165) is 25.4 Å². The van der Waals surface area contributed by atoms with Crippen LogP contribution in [0.3, 0.4) is 0 Å². The number of halogens is 1. The summed E-state index contributed by atoms with van der Waals surface area (Å²) in [6.45, 7) is 5.93. The summed E-state index contributed by atoms with van der Waals surface area (Å²) in [5, 5.41) is 6.11. The molecule has 1 aliphatic rings. The minimum Gasteiger partial charge on any atom is -0.355 e. The minimum absolute atomic E-state index is 0. The molecule has 1 amide bonds. The van der Waals surface area contributed by atoms with Crippen molar-refractivity contribution in [3.05, 3.63) is 0 Å². The molecule has 0 aromatic heterocycles. The minimum atomic E-state index is 0. The number of amides is 1. The van der Waals surface area contributed by atoms with Crippen LogP contribution < -0.4 is 10.6 Å². The van der Waals surface area contributed by atoms with Crippen molar-refractivity contribution in [1.82, 2.24) is 10.6 Å². The first-order valence-corrected chi connectivity index (χ1v) is 7.57. The van der Waals surface area contributed by atoms with Crippen LogP contribution in [0, 0.1) is 17.8 Å². The summed E-state index contributed by atoms with van der Waals surface area (Å²) in [5.74, 6) is 1.68. The summed E-state index contributed by atoms with van der Waals surface area (Å²) in [6, 6.07) is 0. The topological polar surface area (TPSA) is 41.1 Å². The molecule has 0 aliphatic heterocycles. The molecular weight excluding hydrogens is 260 g/mol. The predicted octanol–water partition coefficient (Wildman–Crippen LogP) is 2.99. The number of carbonyl (C=O) groups excluding carboxylic acids is 1. The maximum absolute atomic E-state index is 12.2. The molecule has 3 nitrogen and oxygen atoms in total. The lowest BCUT2D eigenvalue weighted by atomic mass is 9.79. The van der Waals surface area contributed by atoms with Gasteiger partial charge in [-0.2, -0.15) is 0 Å². The van der Waals surface area contributed by atoms with Gasteiger partial charge >= 0.3 is 0 Å². The third-order valence-electron chi connectivity index (χ3n) is 4.13. The molecule has 1 unspecified atom stereocenters. The molecule has 0 heterocycles. The molecular formula is C15H31ClN2O. The fourth-order valence-electron chi connectivity index (χ4n) is 2.91. The van der Waals surface area contributed by atoms with Gasteiger partial charge < -0.3 is 10.6 Å². The van der Waals surface area contributed by atoms with Gasteiger partial charge in [-0.15, -0.1) is 12.4 Å². The highest BCUT2D eigenvalue weighted by Gasteiger charge is 2.26. The van der Waals surface area contributed by atoms with Gasteiger partial charge in [0.05, 0.1) is 0 Å².